The standard InChI is InChI=1S/C19H27N3O/c1-14(13-22-17(4)11-16(3)21-22)12-20-19(23)10-15(2)18-8-6-5-7-9-18/h5-9,11,14-15H,10,12-13H2,1-4H3,(H,20,23). The monoisotopic (exact) mass is 313 g/mol. The van der Waals surface area contributed by atoms with Crippen LogP contribution < -0.4 is 5.32 Å². The van der Waals surface area contributed by atoms with E-state index in [1.807, 2.05) is 29.8 Å². The molecule has 0 spiro atoms. The van der Waals surface area contributed by atoms with Gasteiger partial charge >= 0.3 is 0 Å². The fraction of sp³-hybridized carbons (Fsp3) is 0.474. The maximum atomic E-state index is 12.1. The van der Waals surface area contributed by atoms with Gasteiger partial charge in [0.2, 0.25) is 5.91 Å². The summed E-state index contributed by atoms with van der Waals surface area (Å²) in [5, 5.41) is 7.52. The largest absolute Gasteiger partial charge is 0.356 e. The van der Waals surface area contributed by atoms with E-state index in [1.165, 1.54) is 11.3 Å². The number of carbonyl (C=O) groups excluding carboxylic acids is 1. The Morgan fingerprint density at radius 2 is 1.91 bits per heavy atom. The highest BCUT2D eigenvalue weighted by Crippen LogP contribution is 2.18. The SMILES string of the molecule is Cc1cc(C)n(CC(C)CNC(=O)CC(C)c2ccccc2)n1. The minimum atomic E-state index is 0.113. The summed E-state index contributed by atoms with van der Waals surface area (Å²) in [6.07, 6.45) is 0.524. The Labute approximate surface area is 138 Å². The molecule has 4 heteroatoms. The summed E-state index contributed by atoms with van der Waals surface area (Å²) >= 11 is 0. The van der Waals surface area contributed by atoms with E-state index >= 15 is 0 Å². The van der Waals surface area contributed by atoms with Crippen LogP contribution in [0.25, 0.3) is 0 Å². The van der Waals surface area contributed by atoms with E-state index in [9.17, 15) is 4.79 Å². The van der Waals surface area contributed by atoms with Crippen LogP contribution in [0.3, 0.4) is 0 Å². The third-order valence-electron chi connectivity index (χ3n) is 4.10. The lowest BCUT2D eigenvalue weighted by Gasteiger charge is -2.16. The molecule has 0 aliphatic carbocycles. The minimum absolute atomic E-state index is 0.113. The van der Waals surface area contributed by atoms with Gasteiger partial charge in [-0.05, 0) is 37.3 Å². The zero-order valence-electron chi connectivity index (χ0n) is 14.5. The summed E-state index contributed by atoms with van der Waals surface area (Å²) in [5.74, 6) is 0.702. The highest BCUT2D eigenvalue weighted by Gasteiger charge is 2.13. The number of nitrogens with one attached hydrogen (secondary N) is 1. The van der Waals surface area contributed by atoms with Crippen molar-refractivity contribution in [3.05, 3.63) is 53.3 Å². The second-order valence-corrected chi connectivity index (χ2v) is 6.53. The van der Waals surface area contributed by atoms with Gasteiger partial charge in [0.15, 0.2) is 0 Å². The van der Waals surface area contributed by atoms with Gasteiger partial charge < -0.3 is 5.32 Å². The van der Waals surface area contributed by atoms with Crippen molar-refractivity contribution in [2.24, 2.45) is 5.92 Å². The molecule has 4 nitrogen and oxygen atoms in total. The molecule has 23 heavy (non-hydrogen) atoms. The van der Waals surface area contributed by atoms with Gasteiger partial charge in [-0.1, -0.05) is 44.2 Å². The van der Waals surface area contributed by atoms with Gasteiger partial charge in [0.1, 0.15) is 0 Å². The van der Waals surface area contributed by atoms with Gasteiger partial charge in [0.25, 0.3) is 0 Å². The molecular weight excluding hydrogens is 286 g/mol. The van der Waals surface area contributed by atoms with Crippen LogP contribution in [0.2, 0.25) is 0 Å². The van der Waals surface area contributed by atoms with Crippen molar-refractivity contribution in [1.82, 2.24) is 15.1 Å². The quantitative estimate of drug-likeness (QED) is 0.851. The Hall–Kier alpha value is -2.10. The van der Waals surface area contributed by atoms with E-state index in [1.54, 1.807) is 0 Å². The number of amides is 1. The maximum absolute atomic E-state index is 12.1. The smallest absolute Gasteiger partial charge is 0.220 e. The first-order valence-corrected chi connectivity index (χ1v) is 8.28. The highest BCUT2D eigenvalue weighted by atomic mass is 16.1. The number of aryl methyl sites for hydroxylation is 2. The Morgan fingerprint density at radius 3 is 2.52 bits per heavy atom. The molecule has 1 N–H and O–H groups in total. The zero-order valence-corrected chi connectivity index (χ0v) is 14.5. The number of carbonyl (C=O) groups is 1. The molecule has 0 radical (unpaired) electrons. The lowest BCUT2D eigenvalue weighted by atomic mass is 9.97. The predicted molar refractivity (Wildman–Crippen MR) is 93.3 cm³/mol. The Morgan fingerprint density at radius 1 is 1.22 bits per heavy atom. The van der Waals surface area contributed by atoms with Gasteiger partial charge in [0, 0.05) is 25.2 Å². The molecule has 1 heterocycles. The molecule has 2 rings (SSSR count). The fourth-order valence-corrected chi connectivity index (χ4v) is 2.76. The number of rotatable bonds is 7. The van der Waals surface area contributed by atoms with E-state index in [-0.39, 0.29) is 11.8 Å². The van der Waals surface area contributed by atoms with Crippen LogP contribution in [-0.2, 0) is 11.3 Å². The molecule has 1 amide bonds. The molecule has 1 aromatic heterocycles. The molecule has 0 saturated carbocycles. The normalized spacial score (nSPS) is 13.6. The van der Waals surface area contributed by atoms with E-state index in [0.717, 1.165) is 12.2 Å². The van der Waals surface area contributed by atoms with E-state index in [4.69, 9.17) is 0 Å². The van der Waals surface area contributed by atoms with Crippen molar-refractivity contribution in [3.8, 4) is 0 Å². The van der Waals surface area contributed by atoms with Gasteiger partial charge in [-0.25, -0.2) is 0 Å². The van der Waals surface area contributed by atoms with Crippen molar-refractivity contribution in [2.45, 2.75) is 46.6 Å². The molecule has 2 unspecified atom stereocenters. The average molecular weight is 313 g/mol. The van der Waals surface area contributed by atoms with Gasteiger partial charge in [-0.2, -0.15) is 5.10 Å². The maximum Gasteiger partial charge on any atom is 0.220 e. The third-order valence-corrected chi connectivity index (χ3v) is 4.10. The number of hydrogen-bond donors (Lipinski definition) is 1. The molecule has 0 aliphatic rings. The summed E-state index contributed by atoms with van der Waals surface area (Å²) in [6.45, 7) is 9.80. The second-order valence-electron chi connectivity index (χ2n) is 6.53. The van der Waals surface area contributed by atoms with E-state index in [2.05, 4.69) is 49.4 Å². The van der Waals surface area contributed by atoms with E-state index in [0.29, 0.717) is 18.9 Å². The Bertz CT molecular complexity index is 633. The van der Waals surface area contributed by atoms with Gasteiger partial charge in [-0.3, -0.25) is 9.48 Å². The first-order valence-electron chi connectivity index (χ1n) is 8.28. The number of benzene rings is 1. The van der Waals surface area contributed by atoms with Crippen LogP contribution in [0.15, 0.2) is 36.4 Å². The van der Waals surface area contributed by atoms with Crippen LogP contribution in [-0.4, -0.2) is 22.2 Å². The van der Waals surface area contributed by atoms with Crippen molar-refractivity contribution >= 4 is 5.91 Å². The number of aromatic nitrogens is 2. The number of nitrogens with zero attached hydrogens (tertiary/aromatic N) is 2. The molecule has 0 saturated heterocycles. The molecule has 0 bridgehead atoms. The summed E-state index contributed by atoms with van der Waals surface area (Å²) in [4.78, 5) is 12.1. The average Bonchev–Trinajstić information content (AvgIpc) is 2.83. The molecule has 124 valence electrons. The van der Waals surface area contributed by atoms with Crippen LogP contribution >= 0.6 is 0 Å². The molecule has 2 aromatic rings. The first kappa shape index (κ1) is 17.3. The van der Waals surface area contributed by atoms with Crippen LogP contribution in [0, 0.1) is 19.8 Å². The van der Waals surface area contributed by atoms with Crippen LogP contribution in [0.1, 0.15) is 43.1 Å². The summed E-state index contributed by atoms with van der Waals surface area (Å²) in [6, 6.07) is 12.2. The van der Waals surface area contributed by atoms with Gasteiger partial charge in [-0.15, -0.1) is 0 Å². The molecular formula is C19H27N3O. The van der Waals surface area contributed by atoms with Crippen molar-refractivity contribution in [2.75, 3.05) is 6.54 Å². The van der Waals surface area contributed by atoms with Crippen LogP contribution in [0.4, 0.5) is 0 Å². The summed E-state index contributed by atoms with van der Waals surface area (Å²) in [5.41, 5.74) is 3.41. The van der Waals surface area contributed by atoms with Crippen molar-refractivity contribution in [3.63, 3.8) is 0 Å². The molecule has 2 atom stereocenters. The lowest BCUT2D eigenvalue weighted by molar-refractivity contribution is -0.121. The number of hydrogen-bond acceptors (Lipinski definition) is 2. The fourth-order valence-electron chi connectivity index (χ4n) is 2.76. The molecule has 0 fully saturated rings. The zero-order chi connectivity index (χ0) is 16.8. The van der Waals surface area contributed by atoms with Crippen molar-refractivity contribution in [1.29, 1.82) is 0 Å². The van der Waals surface area contributed by atoms with Crippen molar-refractivity contribution < 1.29 is 4.79 Å². The Balaban J connectivity index is 1.76. The third kappa shape index (κ3) is 5.23. The predicted octanol–water partition coefficient (Wildman–Crippen LogP) is 3.45. The summed E-state index contributed by atoms with van der Waals surface area (Å²) in [7, 11) is 0. The van der Waals surface area contributed by atoms with Gasteiger partial charge in [0.05, 0.1) is 5.69 Å². The second kappa shape index (κ2) is 7.95. The first-order chi connectivity index (χ1) is 11.0. The highest BCUT2D eigenvalue weighted by molar-refractivity contribution is 5.76. The topological polar surface area (TPSA) is 46.9 Å². The van der Waals surface area contributed by atoms with E-state index < -0.39 is 0 Å². The summed E-state index contributed by atoms with van der Waals surface area (Å²) < 4.78 is 2.01. The lowest BCUT2D eigenvalue weighted by Crippen LogP contribution is -2.31. The Kier molecular flexibility index (Phi) is 5.97. The molecule has 0 aliphatic heterocycles. The van der Waals surface area contributed by atoms with Crippen LogP contribution in [0.5, 0.6) is 0 Å². The molecule has 1 aromatic carbocycles. The minimum Gasteiger partial charge on any atom is -0.356 e.